The van der Waals surface area contributed by atoms with E-state index in [1.54, 1.807) is 0 Å². The summed E-state index contributed by atoms with van der Waals surface area (Å²) in [6.45, 7) is 3.91. The Morgan fingerprint density at radius 1 is 0.769 bits per heavy atom. The number of benzene rings is 3. The SMILES string of the molecule is Cc1cccc(C)c1OC(=O)c1c2ccccc2[n+](C)c2ccccc12. The lowest BCUT2D eigenvalue weighted by Crippen LogP contribution is -2.31. The van der Waals surface area contributed by atoms with Gasteiger partial charge in [-0.05, 0) is 37.1 Å². The monoisotopic (exact) mass is 342 g/mol. The predicted molar refractivity (Wildman–Crippen MR) is 104 cm³/mol. The van der Waals surface area contributed by atoms with E-state index < -0.39 is 0 Å². The number of nitrogens with zero attached hydrogens (tertiary/aromatic N) is 1. The Morgan fingerprint density at radius 3 is 1.81 bits per heavy atom. The van der Waals surface area contributed by atoms with Gasteiger partial charge in [0.15, 0.2) is 0 Å². The molecular weight excluding hydrogens is 322 g/mol. The number of hydrogen-bond donors (Lipinski definition) is 0. The number of carbonyl (C=O) groups excluding carboxylic acids is 1. The van der Waals surface area contributed by atoms with E-state index in [2.05, 4.69) is 4.57 Å². The van der Waals surface area contributed by atoms with Crippen LogP contribution in [0.1, 0.15) is 21.5 Å². The molecule has 128 valence electrons. The van der Waals surface area contributed by atoms with Gasteiger partial charge >= 0.3 is 5.97 Å². The highest BCUT2D eigenvalue weighted by Gasteiger charge is 2.24. The molecule has 0 aliphatic rings. The molecule has 3 aromatic carbocycles. The van der Waals surface area contributed by atoms with Gasteiger partial charge < -0.3 is 4.74 Å². The Bertz CT molecular complexity index is 1080. The number of para-hydroxylation sites is 3. The second-order valence-electron chi connectivity index (χ2n) is 6.58. The zero-order valence-corrected chi connectivity index (χ0v) is 15.1. The molecular formula is C23H20NO2+. The fourth-order valence-corrected chi connectivity index (χ4v) is 3.55. The van der Waals surface area contributed by atoms with Gasteiger partial charge in [0.2, 0.25) is 11.0 Å². The van der Waals surface area contributed by atoms with Crippen molar-refractivity contribution in [3.63, 3.8) is 0 Å². The first kappa shape index (κ1) is 16.3. The minimum atomic E-state index is -0.324. The van der Waals surface area contributed by atoms with Gasteiger partial charge in [0, 0.05) is 12.1 Å². The Morgan fingerprint density at radius 2 is 1.27 bits per heavy atom. The molecule has 4 aromatic rings. The summed E-state index contributed by atoms with van der Waals surface area (Å²) >= 11 is 0. The highest BCUT2D eigenvalue weighted by Crippen LogP contribution is 2.28. The van der Waals surface area contributed by atoms with E-state index in [1.807, 2.05) is 87.6 Å². The van der Waals surface area contributed by atoms with E-state index in [1.165, 1.54) is 0 Å². The van der Waals surface area contributed by atoms with Crippen LogP contribution in [0, 0.1) is 13.8 Å². The maximum atomic E-state index is 13.2. The third kappa shape index (κ3) is 2.53. The maximum Gasteiger partial charge on any atom is 0.345 e. The van der Waals surface area contributed by atoms with Crippen LogP contribution in [0.5, 0.6) is 5.75 Å². The van der Waals surface area contributed by atoms with E-state index >= 15 is 0 Å². The zero-order valence-electron chi connectivity index (χ0n) is 15.1. The van der Waals surface area contributed by atoms with Gasteiger partial charge in [-0.1, -0.05) is 42.5 Å². The first-order chi connectivity index (χ1) is 12.6. The van der Waals surface area contributed by atoms with Gasteiger partial charge in [0.25, 0.3) is 0 Å². The van der Waals surface area contributed by atoms with Crippen molar-refractivity contribution in [1.29, 1.82) is 0 Å². The molecule has 0 saturated carbocycles. The highest BCUT2D eigenvalue weighted by molar-refractivity contribution is 6.13. The summed E-state index contributed by atoms with van der Waals surface area (Å²) in [6.07, 6.45) is 0. The summed E-state index contributed by atoms with van der Waals surface area (Å²) < 4.78 is 7.98. The molecule has 0 unspecified atom stereocenters. The Hall–Kier alpha value is -3.20. The van der Waals surface area contributed by atoms with Crippen molar-refractivity contribution in [2.24, 2.45) is 7.05 Å². The van der Waals surface area contributed by atoms with E-state index in [0.29, 0.717) is 11.3 Å². The van der Waals surface area contributed by atoms with Crippen LogP contribution in [0.3, 0.4) is 0 Å². The molecule has 26 heavy (non-hydrogen) atoms. The molecule has 4 rings (SSSR count). The molecule has 0 aliphatic heterocycles. The number of ether oxygens (including phenoxy) is 1. The van der Waals surface area contributed by atoms with Gasteiger partial charge in [-0.15, -0.1) is 0 Å². The van der Waals surface area contributed by atoms with E-state index in [-0.39, 0.29) is 5.97 Å². The zero-order chi connectivity index (χ0) is 18.3. The summed E-state index contributed by atoms with van der Waals surface area (Å²) in [4.78, 5) is 13.2. The van der Waals surface area contributed by atoms with E-state index in [4.69, 9.17) is 4.74 Å². The highest BCUT2D eigenvalue weighted by atomic mass is 16.5. The number of aryl methyl sites for hydroxylation is 3. The molecule has 0 fully saturated rings. The van der Waals surface area contributed by atoms with E-state index in [9.17, 15) is 4.79 Å². The topological polar surface area (TPSA) is 30.2 Å². The maximum absolute atomic E-state index is 13.2. The smallest absolute Gasteiger partial charge is 0.345 e. The van der Waals surface area contributed by atoms with Crippen molar-refractivity contribution in [3.05, 3.63) is 83.4 Å². The third-order valence-electron chi connectivity index (χ3n) is 4.88. The molecule has 0 radical (unpaired) electrons. The molecule has 0 aliphatic carbocycles. The average molecular weight is 342 g/mol. The number of pyridine rings is 1. The van der Waals surface area contributed by atoms with Crippen molar-refractivity contribution in [1.82, 2.24) is 0 Å². The summed E-state index contributed by atoms with van der Waals surface area (Å²) in [6, 6.07) is 21.7. The standard InChI is InChI=1S/C23H20NO2/c1-15-9-8-10-16(2)22(15)26-23(25)21-17-11-4-6-13-19(17)24(3)20-14-7-5-12-18(20)21/h4-14H,1-3H3/q+1. The van der Waals surface area contributed by atoms with Crippen molar-refractivity contribution in [2.45, 2.75) is 13.8 Å². The molecule has 3 nitrogen and oxygen atoms in total. The number of aromatic nitrogens is 1. The van der Waals surface area contributed by atoms with Crippen molar-refractivity contribution >= 4 is 27.8 Å². The number of esters is 1. The summed E-state index contributed by atoms with van der Waals surface area (Å²) in [7, 11) is 2.02. The average Bonchev–Trinajstić information content (AvgIpc) is 2.65. The Balaban J connectivity index is 1.98. The van der Waals surface area contributed by atoms with Crippen LogP contribution in [-0.4, -0.2) is 5.97 Å². The van der Waals surface area contributed by atoms with Crippen LogP contribution >= 0.6 is 0 Å². The molecule has 0 amide bonds. The first-order valence-corrected chi connectivity index (χ1v) is 8.66. The van der Waals surface area contributed by atoms with Gasteiger partial charge in [0.1, 0.15) is 12.8 Å². The van der Waals surface area contributed by atoms with Gasteiger partial charge in [-0.3, -0.25) is 0 Å². The fourth-order valence-electron chi connectivity index (χ4n) is 3.55. The van der Waals surface area contributed by atoms with Gasteiger partial charge in [0.05, 0.1) is 16.3 Å². The van der Waals surface area contributed by atoms with Crippen LogP contribution in [0.2, 0.25) is 0 Å². The van der Waals surface area contributed by atoms with Crippen molar-refractivity contribution in [3.8, 4) is 5.75 Å². The predicted octanol–water partition coefficient (Wildman–Crippen LogP) is 4.65. The molecule has 0 saturated heterocycles. The molecule has 0 N–H and O–H groups in total. The summed E-state index contributed by atoms with van der Waals surface area (Å²) in [5.74, 6) is 0.314. The van der Waals surface area contributed by atoms with Crippen molar-refractivity contribution in [2.75, 3.05) is 0 Å². The van der Waals surface area contributed by atoms with Crippen molar-refractivity contribution < 1.29 is 14.1 Å². The van der Waals surface area contributed by atoms with Crippen LogP contribution in [0.4, 0.5) is 0 Å². The summed E-state index contributed by atoms with van der Waals surface area (Å²) in [5, 5.41) is 1.79. The first-order valence-electron chi connectivity index (χ1n) is 8.66. The van der Waals surface area contributed by atoms with E-state index in [0.717, 1.165) is 32.9 Å². The Labute approximate surface area is 152 Å². The number of hydrogen-bond acceptors (Lipinski definition) is 2. The summed E-state index contributed by atoms with van der Waals surface area (Å²) in [5.41, 5.74) is 4.51. The second kappa shape index (κ2) is 6.26. The molecule has 1 aromatic heterocycles. The minimum absolute atomic E-state index is 0.324. The van der Waals surface area contributed by atoms with Crippen LogP contribution in [0.15, 0.2) is 66.7 Å². The lowest BCUT2D eigenvalue weighted by atomic mass is 10.0. The Kier molecular flexibility index (Phi) is 3.92. The van der Waals surface area contributed by atoms with Gasteiger partial charge in [-0.2, -0.15) is 4.57 Å². The normalized spacial score (nSPS) is 11.0. The lowest BCUT2D eigenvalue weighted by Gasteiger charge is -2.13. The van der Waals surface area contributed by atoms with Gasteiger partial charge in [-0.25, -0.2) is 4.79 Å². The van der Waals surface area contributed by atoms with Crippen LogP contribution in [-0.2, 0) is 7.05 Å². The number of rotatable bonds is 2. The molecule has 1 heterocycles. The molecule has 3 heteroatoms. The molecule has 0 spiro atoms. The quantitative estimate of drug-likeness (QED) is 0.230. The number of carbonyl (C=O) groups is 1. The largest absolute Gasteiger partial charge is 0.422 e. The minimum Gasteiger partial charge on any atom is -0.422 e. The molecule has 0 atom stereocenters. The fraction of sp³-hybridized carbons (Fsp3) is 0.130. The second-order valence-corrected chi connectivity index (χ2v) is 6.58. The lowest BCUT2D eigenvalue weighted by molar-refractivity contribution is -0.617. The number of fused-ring (bicyclic) bond motifs is 2. The van der Waals surface area contributed by atoms with Crippen LogP contribution in [0.25, 0.3) is 21.8 Å². The third-order valence-corrected chi connectivity index (χ3v) is 4.88. The molecule has 0 bridgehead atoms. The van der Waals surface area contributed by atoms with Crippen LogP contribution < -0.4 is 9.30 Å².